The van der Waals surface area contributed by atoms with E-state index in [0.29, 0.717) is 27.6 Å². The van der Waals surface area contributed by atoms with Crippen molar-refractivity contribution >= 4 is 40.2 Å². The molecule has 1 atom stereocenters. The highest BCUT2D eigenvalue weighted by atomic mass is 35.5. The third-order valence-electron chi connectivity index (χ3n) is 3.76. The van der Waals surface area contributed by atoms with Crippen molar-refractivity contribution in [3.05, 3.63) is 69.5 Å². The van der Waals surface area contributed by atoms with E-state index in [4.69, 9.17) is 17.3 Å². The van der Waals surface area contributed by atoms with Gasteiger partial charge in [0.2, 0.25) is 5.91 Å². The van der Waals surface area contributed by atoms with Gasteiger partial charge in [-0.25, -0.2) is 4.98 Å². The summed E-state index contributed by atoms with van der Waals surface area (Å²) in [7, 11) is 0. The molecule has 2 aromatic carbocycles. The average Bonchev–Trinajstić information content (AvgIpc) is 2.60. The summed E-state index contributed by atoms with van der Waals surface area (Å²) in [5.74, 6) is -0.453. The lowest BCUT2D eigenvalue weighted by atomic mass is 10.2. The van der Waals surface area contributed by atoms with Crippen LogP contribution in [0.3, 0.4) is 0 Å². The van der Waals surface area contributed by atoms with Crippen LogP contribution < -0.4 is 11.3 Å². The van der Waals surface area contributed by atoms with Gasteiger partial charge in [0.1, 0.15) is 0 Å². The molecule has 1 heterocycles. The number of nitrogens with two attached hydrogens (primary N) is 1. The molecule has 0 aliphatic carbocycles. The molecule has 5 nitrogen and oxygen atoms in total. The minimum absolute atomic E-state index is 0.153. The molecule has 0 saturated carbocycles. The third kappa shape index (κ3) is 3.86. The number of nitrogens with zero attached hydrogens (tertiary/aromatic N) is 2. The molecule has 3 rings (SSSR count). The Bertz CT molecular complexity index is 986. The first-order valence-corrected chi connectivity index (χ1v) is 8.91. The van der Waals surface area contributed by atoms with Crippen molar-refractivity contribution in [2.45, 2.75) is 23.9 Å². The summed E-state index contributed by atoms with van der Waals surface area (Å²) in [6.45, 7) is 2.03. The number of fused-ring (bicyclic) bond motifs is 1. The van der Waals surface area contributed by atoms with Crippen LogP contribution in [0.25, 0.3) is 10.9 Å². The molecule has 0 bridgehead atoms. The van der Waals surface area contributed by atoms with E-state index >= 15 is 0 Å². The number of thioether (sulfide) groups is 1. The van der Waals surface area contributed by atoms with Crippen LogP contribution in [0, 0.1) is 0 Å². The summed E-state index contributed by atoms with van der Waals surface area (Å²) >= 11 is 7.10. The van der Waals surface area contributed by atoms with Gasteiger partial charge in [-0.3, -0.25) is 14.2 Å². The number of hydrogen-bond acceptors (Lipinski definition) is 4. The lowest BCUT2D eigenvalue weighted by Crippen LogP contribution is -2.27. The van der Waals surface area contributed by atoms with E-state index in [9.17, 15) is 9.59 Å². The minimum atomic E-state index is -0.496. The first-order chi connectivity index (χ1) is 12.0. The smallest absolute Gasteiger partial charge is 0.262 e. The summed E-state index contributed by atoms with van der Waals surface area (Å²) in [5, 5.41) is 1.13. The molecule has 0 aliphatic rings. The van der Waals surface area contributed by atoms with E-state index in [1.165, 1.54) is 11.8 Å². The van der Waals surface area contributed by atoms with Gasteiger partial charge in [0.15, 0.2) is 5.16 Å². The highest BCUT2D eigenvalue weighted by Crippen LogP contribution is 2.23. The Balaban J connectivity index is 2.12. The molecule has 0 fully saturated rings. The predicted molar refractivity (Wildman–Crippen MR) is 101 cm³/mol. The Hall–Kier alpha value is -2.31. The average molecular weight is 374 g/mol. The first-order valence-electron chi connectivity index (χ1n) is 7.65. The van der Waals surface area contributed by atoms with Gasteiger partial charge < -0.3 is 5.73 Å². The quantitative estimate of drug-likeness (QED) is 0.550. The maximum Gasteiger partial charge on any atom is 0.262 e. The summed E-state index contributed by atoms with van der Waals surface area (Å²) in [6, 6.07) is 14.4. The zero-order valence-corrected chi connectivity index (χ0v) is 15.1. The molecule has 2 N–H and O–H groups in total. The van der Waals surface area contributed by atoms with E-state index < -0.39 is 11.2 Å². The second-order valence-corrected chi connectivity index (χ2v) is 7.34. The molecule has 0 aliphatic heterocycles. The molecule has 0 unspecified atom stereocenters. The fourth-order valence-corrected chi connectivity index (χ4v) is 3.35. The van der Waals surface area contributed by atoms with Crippen LogP contribution in [0.2, 0.25) is 5.02 Å². The van der Waals surface area contributed by atoms with Crippen LogP contribution in [0.4, 0.5) is 0 Å². The number of halogens is 1. The molecule has 0 saturated heterocycles. The second-order valence-electron chi connectivity index (χ2n) is 5.59. The van der Waals surface area contributed by atoms with Crippen molar-refractivity contribution in [1.82, 2.24) is 9.55 Å². The normalized spacial score (nSPS) is 12.2. The molecule has 0 radical (unpaired) electrons. The Morgan fingerprint density at radius 3 is 2.60 bits per heavy atom. The summed E-state index contributed by atoms with van der Waals surface area (Å²) in [6.07, 6.45) is 0. The Labute approximate surface area is 153 Å². The highest BCUT2D eigenvalue weighted by Gasteiger charge is 2.17. The van der Waals surface area contributed by atoms with Crippen molar-refractivity contribution in [3.8, 4) is 0 Å². The van der Waals surface area contributed by atoms with E-state index in [1.807, 2.05) is 18.2 Å². The van der Waals surface area contributed by atoms with Crippen molar-refractivity contribution in [3.63, 3.8) is 0 Å². The van der Waals surface area contributed by atoms with Gasteiger partial charge in [-0.15, -0.1) is 0 Å². The van der Waals surface area contributed by atoms with Gasteiger partial charge in [0, 0.05) is 5.02 Å². The molecule has 3 aromatic rings. The number of benzene rings is 2. The van der Waals surface area contributed by atoms with Gasteiger partial charge in [-0.1, -0.05) is 47.6 Å². The van der Waals surface area contributed by atoms with Crippen LogP contribution in [0.1, 0.15) is 12.5 Å². The number of carbonyl (C=O) groups excluding carboxylic acids is 1. The SMILES string of the molecule is C[C@@H](Sc1nc2ccccc2c(=O)n1Cc1ccc(Cl)cc1)C(N)=O. The van der Waals surface area contributed by atoms with Gasteiger partial charge >= 0.3 is 0 Å². The van der Waals surface area contributed by atoms with Crippen molar-refractivity contribution in [2.75, 3.05) is 0 Å². The number of aromatic nitrogens is 2. The van der Waals surface area contributed by atoms with Crippen LogP contribution in [0.15, 0.2) is 58.5 Å². The van der Waals surface area contributed by atoms with Crippen LogP contribution in [0.5, 0.6) is 0 Å². The maximum atomic E-state index is 12.9. The van der Waals surface area contributed by atoms with Gasteiger partial charge in [0.05, 0.1) is 22.7 Å². The van der Waals surface area contributed by atoms with Crippen LogP contribution >= 0.6 is 23.4 Å². The van der Waals surface area contributed by atoms with E-state index in [2.05, 4.69) is 4.98 Å². The number of rotatable bonds is 5. The van der Waals surface area contributed by atoms with E-state index in [1.54, 1.807) is 41.8 Å². The lowest BCUT2D eigenvalue weighted by Gasteiger charge is -2.15. The number of carbonyl (C=O) groups is 1. The van der Waals surface area contributed by atoms with E-state index in [0.717, 1.165) is 5.56 Å². The van der Waals surface area contributed by atoms with Crippen molar-refractivity contribution in [1.29, 1.82) is 0 Å². The fourth-order valence-electron chi connectivity index (χ4n) is 2.37. The Morgan fingerprint density at radius 2 is 1.92 bits per heavy atom. The number of primary amides is 1. The van der Waals surface area contributed by atoms with Crippen LogP contribution in [-0.2, 0) is 11.3 Å². The molecule has 1 aromatic heterocycles. The number of hydrogen-bond donors (Lipinski definition) is 1. The Kier molecular flexibility index (Phi) is 5.11. The summed E-state index contributed by atoms with van der Waals surface area (Å²) < 4.78 is 1.57. The zero-order valence-electron chi connectivity index (χ0n) is 13.5. The van der Waals surface area contributed by atoms with Gasteiger partial charge in [-0.05, 0) is 36.8 Å². The molecule has 7 heteroatoms. The Morgan fingerprint density at radius 1 is 1.24 bits per heavy atom. The summed E-state index contributed by atoms with van der Waals surface area (Å²) in [5.41, 5.74) is 6.72. The monoisotopic (exact) mass is 373 g/mol. The molecule has 0 spiro atoms. The second kappa shape index (κ2) is 7.29. The minimum Gasteiger partial charge on any atom is -0.369 e. The number of para-hydroxylation sites is 1. The van der Waals surface area contributed by atoms with Crippen LogP contribution in [-0.4, -0.2) is 20.7 Å². The first kappa shape index (κ1) is 17.5. The number of amides is 1. The highest BCUT2D eigenvalue weighted by molar-refractivity contribution is 8.00. The summed E-state index contributed by atoms with van der Waals surface area (Å²) in [4.78, 5) is 28.9. The van der Waals surface area contributed by atoms with E-state index in [-0.39, 0.29) is 5.56 Å². The zero-order chi connectivity index (χ0) is 18.0. The van der Waals surface area contributed by atoms with Gasteiger partial charge in [0.25, 0.3) is 5.56 Å². The molecular formula is C18H16ClN3O2S. The molecular weight excluding hydrogens is 358 g/mol. The van der Waals surface area contributed by atoms with Crippen molar-refractivity contribution < 1.29 is 4.79 Å². The van der Waals surface area contributed by atoms with Crippen molar-refractivity contribution in [2.24, 2.45) is 5.73 Å². The molecule has 128 valence electrons. The molecule has 25 heavy (non-hydrogen) atoms. The predicted octanol–water partition coefficient (Wildman–Crippen LogP) is 3.06. The topological polar surface area (TPSA) is 78.0 Å². The molecule has 1 amide bonds. The lowest BCUT2D eigenvalue weighted by molar-refractivity contribution is -0.117. The third-order valence-corrected chi connectivity index (χ3v) is 5.12. The van der Waals surface area contributed by atoms with Gasteiger partial charge in [-0.2, -0.15) is 0 Å². The maximum absolute atomic E-state index is 12.9. The fraction of sp³-hybridized carbons (Fsp3) is 0.167. The largest absolute Gasteiger partial charge is 0.369 e. The standard InChI is InChI=1S/C18H16ClN3O2S/c1-11(16(20)23)25-18-21-15-5-3-2-4-14(15)17(24)22(18)10-12-6-8-13(19)9-7-12/h2-9,11H,10H2,1H3,(H2,20,23)/t11-/m1/s1.